The number of nitrogens with one attached hydrogen (secondary N) is 1. The van der Waals surface area contributed by atoms with Gasteiger partial charge in [0.05, 0.1) is 18.3 Å². The van der Waals surface area contributed by atoms with Crippen LogP contribution in [0, 0.1) is 6.92 Å². The number of carbonyl (C=O) groups is 1. The van der Waals surface area contributed by atoms with Crippen LogP contribution in [0.2, 0.25) is 0 Å². The maximum atomic E-state index is 11.3. The fraction of sp³-hybridized carbons (Fsp3) is 0.455. The number of carbonyl (C=O) groups excluding carboxylic acids is 1. The van der Waals surface area contributed by atoms with Crippen LogP contribution in [0.15, 0.2) is 18.7 Å². The minimum absolute atomic E-state index is 0.216. The average Bonchev–Trinajstić information content (AvgIpc) is 2.87. The van der Waals surface area contributed by atoms with Crippen LogP contribution in [0.5, 0.6) is 0 Å². The molecule has 1 N–H and O–H groups in total. The number of ether oxygens (including phenoxy) is 1. The predicted molar refractivity (Wildman–Crippen MR) is 60.3 cm³/mol. The van der Waals surface area contributed by atoms with Crippen LogP contribution in [0.4, 0.5) is 5.82 Å². The summed E-state index contributed by atoms with van der Waals surface area (Å²) in [5.41, 5.74) is 0.881. The van der Waals surface area contributed by atoms with Crippen molar-refractivity contribution in [2.75, 3.05) is 18.5 Å². The van der Waals surface area contributed by atoms with E-state index >= 15 is 0 Å². The highest BCUT2D eigenvalue weighted by atomic mass is 16.5. The maximum Gasteiger partial charge on any atom is 0.248 e. The van der Waals surface area contributed by atoms with Gasteiger partial charge in [-0.05, 0) is 19.4 Å². The molecule has 1 aromatic heterocycles. The molecule has 86 valence electrons. The van der Waals surface area contributed by atoms with Crippen LogP contribution in [0.1, 0.15) is 18.2 Å². The van der Waals surface area contributed by atoms with Crippen molar-refractivity contribution in [3.05, 3.63) is 24.4 Å². The quantitative estimate of drug-likeness (QED) is 0.782. The third-order valence-electron chi connectivity index (χ3n) is 2.55. The first-order chi connectivity index (χ1) is 7.70. The van der Waals surface area contributed by atoms with E-state index in [0.717, 1.165) is 18.7 Å². The molecule has 5 nitrogen and oxygen atoms in total. The number of amides is 1. The van der Waals surface area contributed by atoms with Crippen LogP contribution >= 0.6 is 0 Å². The van der Waals surface area contributed by atoms with Gasteiger partial charge in [0, 0.05) is 12.7 Å². The molecule has 0 aromatic carbocycles. The number of hydrogen-bond acceptors (Lipinski definition) is 3. The van der Waals surface area contributed by atoms with Gasteiger partial charge in [0.1, 0.15) is 5.82 Å². The summed E-state index contributed by atoms with van der Waals surface area (Å²) in [7, 11) is 0. The molecule has 1 saturated heterocycles. The molecule has 1 unspecified atom stereocenters. The second-order valence-electron chi connectivity index (χ2n) is 3.83. The fourth-order valence-corrected chi connectivity index (χ4v) is 1.78. The Balaban J connectivity index is 2.22. The lowest BCUT2D eigenvalue weighted by Crippen LogP contribution is -2.17. The fourth-order valence-electron chi connectivity index (χ4n) is 1.78. The van der Waals surface area contributed by atoms with Gasteiger partial charge < -0.3 is 10.1 Å². The Morgan fingerprint density at radius 1 is 1.81 bits per heavy atom. The number of aromatic nitrogens is 2. The first-order valence-electron chi connectivity index (χ1n) is 5.28. The smallest absolute Gasteiger partial charge is 0.248 e. The van der Waals surface area contributed by atoms with E-state index in [-0.39, 0.29) is 11.9 Å². The van der Waals surface area contributed by atoms with Crippen LogP contribution in [-0.4, -0.2) is 28.9 Å². The molecule has 2 rings (SSSR count). The van der Waals surface area contributed by atoms with E-state index < -0.39 is 0 Å². The third kappa shape index (κ3) is 2.14. The Hall–Kier alpha value is -1.62. The lowest BCUT2D eigenvalue weighted by Gasteiger charge is -2.12. The monoisotopic (exact) mass is 221 g/mol. The molecule has 1 atom stereocenters. The molecule has 16 heavy (non-hydrogen) atoms. The topological polar surface area (TPSA) is 56.2 Å². The minimum Gasteiger partial charge on any atom is -0.379 e. The summed E-state index contributed by atoms with van der Waals surface area (Å²) in [6.07, 6.45) is 2.18. The van der Waals surface area contributed by atoms with Gasteiger partial charge >= 0.3 is 0 Å². The normalized spacial score (nSPS) is 19.7. The molecule has 1 fully saturated rings. The van der Waals surface area contributed by atoms with Gasteiger partial charge in [0.15, 0.2) is 0 Å². The number of anilines is 1. The summed E-state index contributed by atoms with van der Waals surface area (Å²) in [6.45, 7) is 6.72. The maximum absolute atomic E-state index is 11.3. The molecule has 0 spiro atoms. The summed E-state index contributed by atoms with van der Waals surface area (Å²) in [5.74, 6) is 0.484. The van der Waals surface area contributed by atoms with E-state index in [2.05, 4.69) is 17.0 Å². The zero-order chi connectivity index (χ0) is 11.5. The van der Waals surface area contributed by atoms with Crippen molar-refractivity contribution in [3.8, 4) is 0 Å². The zero-order valence-corrected chi connectivity index (χ0v) is 9.27. The number of rotatable bonds is 3. The van der Waals surface area contributed by atoms with E-state index in [1.807, 2.05) is 17.7 Å². The number of aryl methyl sites for hydroxylation is 1. The molecule has 1 aromatic rings. The van der Waals surface area contributed by atoms with Gasteiger partial charge in [-0.15, -0.1) is 0 Å². The van der Waals surface area contributed by atoms with Crippen molar-refractivity contribution in [1.29, 1.82) is 0 Å². The Morgan fingerprint density at radius 3 is 3.25 bits per heavy atom. The largest absolute Gasteiger partial charge is 0.379 e. The molecule has 2 heterocycles. The lowest BCUT2D eigenvalue weighted by molar-refractivity contribution is -0.111. The van der Waals surface area contributed by atoms with Crippen LogP contribution in [0.3, 0.4) is 0 Å². The van der Waals surface area contributed by atoms with Gasteiger partial charge in [0.25, 0.3) is 0 Å². The van der Waals surface area contributed by atoms with Crippen LogP contribution < -0.4 is 5.32 Å². The summed E-state index contributed by atoms with van der Waals surface area (Å²) >= 11 is 0. The SMILES string of the molecule is C=CC(=O)Nc1cc(C)nn1C1CCOC1. The van der Waals surface area contributed by atoms with E-state index in [1.54, 1.807) is 0 Å². The summed E-state index contributed by atoms with van der Waals surface area (Å²) in [6, 6.07) is 2.06. The summed E-state index contributed by atoms with van der Waals surface area (Å²) in [5, 5.41) is 7.11. The molecule has 1 amide bonds. The molecule has 1 aliphatic rings. The van der Waals surface area contributed by atoms with E-state index in [9.17, 15) is 4.79 Å². The second kappa shape index (κ2) is 4.49. The van der Waals surface area contributed by atoms with Crippen molar-refractivity contribution < 1.29 is 9.53 Å². The van der Waals surface area contributed by atoms with Gasteiger partial charge in [-0.3, -0.25) is 4.79 Å². The Morgan fingerprint density at radius 2 is 2.62 bits per heavy atom. The molecule has 1 aliphatic heterocycles. The molecular formula is C11H15N3O2. The van der Waals surface area contributed by atoms with Crippen LogP contribution in [0.25, 0.3) is 0 Å². The minimum atomic E-state index is -0.222. The van der Waals surface area contributed by atoms with E-state index in [0.29, 0.717) is 12.4 Å². The van der Waals surface area contributed by atoms with Crippen molar-refractivity contribution in [2.45, 2.75) is 19.4 Å². The molecule has 0 radical (unpaired) electrons. The number of hydrogen-bond donors (Lipinski definition) is 1. The van der Waals surface area contributed by atoms with Crippen molar-refractivity contribution >= 4 is 11.7 Å². The van der Waals surface area contributed by atoms with Crippen molar-refractivity contribution in [1.82, 2.24) is 9.78 Å². The lowest BCUT2D eigenvalue weighted by atomic mass is 10.3. The molecule has 5 heteroatoms. The third-order valence-corrected chi connectivity index (χ3v) is 2.55. The highest BCUT2D eigenvalue weighted by molar-refractivity contribution is 5.98. The summed E-state index contributed by atoms with van der Waals surface area (Å²) in [4.78, 5) is 11.3. The molecular weight excluding hydrogens is 206 g/mol. The van der Waals surface area contributed by atoms with E-state index in [1.165, 1.54) is 6.08 Å². The van der Waals surface area contributed by atoms with Gasteiger partial charge in [-0.25, -0.2) is 4.68 Å². The van der Waals surface area contributed by atoms with Crippen molar-refractivity contribution in [2.24, 2.45) is 0 Å². The number of nitrogens with zero attached hydrogens (tertiary/aromatic N) is 2. The Labute approximate surface area is 94.1 Å². The van der Waals surface area contributed by atoms with Gasteiger partial charge in [-0.2, -0.15) is 5.10 Å². The highest BCUT2D eigenvalue weighted by Crippen LogP contribution is 2.23. The first-order valence-corrected chi connectivity index (χ1v) is 5.28. The standard InChI is InChI=1S/C11H15N3O2/c1-3-11(15)12-10-6-8(2)13-14(10)9-4-5-16-7-9/h3,6,9H,1,4-5,7H2,2H3,(H,12,15). The van der Waals surface area contributed by atoms with Gasteiger partial charge in [-0.1, -0.05) is 6.58 Å². The highest BCUT2D eigenvalue weighted by Gasteiger charge is 2.21. The Kier molecular flexibility index (Phi) is 3.05. The molecule has 0 bridgehead atoms. The second-order valence-corrected chi connectivity index (χ2v) is 3.83. The predicted octanol–water partition coefficient (Wildman–Crippen LogP) is 1.28. The Bertz CT molecular complexity index is 405. The van der Waals surface area contributed by atoms with Gasteiger partial charge in [0.2, 0.25) is 5.91 Å². The van der Waals surface area contributed by atoms with E-state index in [4.69, 9.17) is 4.74 Å². The first kappa shape index (κ1) is 10.9. The summed E-state index contributed by atoms with van der Waals surface area (Å²) < 4.78 is 7.14. The van der Waals surface area contributed by atoms with Crippen LogP contribution in [-0.2, 0) is 9.53 Å². The zero-order valence-electron chi connectivity index (χ0n) is 9.27. The molecule has 0 aliphatic carbocycles. The average molecular weight is 221 g/mol. The van der Waals surface area contributed by atoms with Crippen molar-refractivity contribution in [3.63, 3.8) is 0 Å². The molecule has 0 saturated carbocycles.